The Hall–Kier alpha value is -3.20. The summed E-state index contributed by atoms with van der Waals surface area (Å²) in [5, 5.41) is 0. The largest absolute Gasteiger partial charge is 0.493 e. The molecular weight excluding hydrogens is 428 g/mol. The van der Waals surface area contributed by atoms with E-state index >= 15 is 0 Å². The highest BCUT2D eigenvalue weighted by Gasteiger charge is 2.33. The second-order valence-corrected chi connectivity index (χ2v) is 10.4. The topological polar surface area (TPSA) is 15.7 Å². The Labute approximate surface area is 211 Å². The standard InChI is InChI=1S/C32H38N2O/c1-21-17-23(3)30(24(4)18-21)33-14-15-34(31-25(5)19-22(2)20-26(31)6)29(33)13-12-28-10-7-9-27-11-8-16-35-32(27)28/h7,9-10,12-13,17-20,29H,8,11,14-16H2,1-6H3/b13-12+. The van der Waals surface area contributed by atoms with Gasteiger partial charge in [-0.2, -0.15) is 0 Å². The molecule has 0 radical (unpaired) electrons. The predicted molar refractivity (Wildman–Crippen MR) is 149 cm³/mol. The maximum atomic E-state index is 6.12. The molecule has 0 amide bonds. The summed E-state index contributed by atoms with van der Waals surface area (Å²) in [6.45, 7) is 16.2. The van der Waals surface area contributed by atoms with Crippen LogP contribution in [-0.4, -0.2) is 25.9 Å². The lowest BCUT2D eigenvalue weighted by atomic mass is 10.0. The molecule has 3 aromatic carbocycles. The second-order valence-electron chi connectivity index (χ2n) is 10.4. The van der Waals surface area contributed by atoms with Gasteiger partial charge in [0.25, 0.3) is 0 Å². The molecule has 5 rings (SSSR count). The van der Waals surface area contributed by atoms with Crippen molar-refractivity contribution in [1.82, 2.24) is 0 Å². The highest BCUT2D eigenvalue weighted by Crippen LogP contribution is 2.38. The molecule has 182 valence electrons. The molecule has 3 nitrogen and oxygen atoms in total. The van der Waals surface area contributed by atoms with Gasteiger partial charge in [0.1, 0.15) is 11.9 Å². The van der Waals surface area contributed by atoms with E-state index in [4.69, 9.17) is 4.74 Å². The van der Waals surface area contributed by atoms with Gasteiger partial charge < -0.3 is 14.5 Å². The van der Waals surface area contributed by atoms with E-state index in [1.54, 1.807) is 0 Å². The van der Waals surface area contributed by atoms with Gasteiger partial charge in [-0.15, -0.1) is 0 Å². The lowest BCUT2D eigenvalue weighted by Crippen LogP contribution is -2.38. The number of aryl methyl sites for hydroxylation is 7. The van der Waals surface area contributed by atoms with Crippen LogP contribution in [0, 0.1) is 41.5 Å². The fraction of sp³-hybridized carbons (Fsp3) is 0.375. The number of rotatable bonds is 4. The molecule has 2 aliphatic heterocycles. The van der Waals surface area contributed by atoms with E-state index in [-0.39, 0.29) is 6.17 Å². The van der Waals surface area contributed by atoms with Gasteiger partial charge in [0.2, 0.25) is 0 Å². The smallest absolute Gasteiger partial charge is 0.129 e. The van der Waals surface area contributed by atoms with Crippen molar-refractivity contribution >= 4 is 17.5 Å². The van der Waals surface area contributed by atoms with Gasteiger partial charge in [-0.25, -0.2) is 0 Å². The van der Waals surface area contributed by atoms with Gasteiger partial charge in [0.15, 0.2) is 0 Å². The summed E-state index contributed by atoms with van der Waals surface area (Å²) in [5.74, 6) is 1.07. The summed E-state index contributed by atoms with van der Waals surface area (Å²) < 4.78 is 6.12. The third-order valence-corrected chi connectivity index (χ3v) is 7.48. The van der Waals surface area contributed by atoms with Crippen LogP contribution in [0.1, 0.15) is 50.9 Å². The van der Waals surface area contributed by atoms with Gasteiger partial charge in [-0.1, -0.05) is 59.7 Å². The Bertz CT molecular complexity index is 1180. The third-order valence-electron chi connectivity index (χ3n) is 7.48. The van der Waals surface area contributed by atoms with Crippen molar-refractivity contribution in [2.75, 3.05) is 29.5 Å². The zero-order chi connectivity index (χ0) is 24.7. The number of para-hydroxylation sites is 1. The molecule has 2 aliphatic rings. The van der Waals surface area contributed by atoms with E-state index in [0.29, 0.717) is 0 Å². The first-order valence-corrected chi connectivity index (χ1v) is 13.0. The number of fused-ring (bicyclic) bond motifs is 1. The number of hydrogen-bond acceptors (Lipinski definition) is 3. The Morgan fingerprint density at radius 2 is 1.31 bits per heavy atom. The fourth-order valence-corrected chi connectivity index (χ4v) is 6.33. The average Bonchev–Trinajstić information content (AvgIpc) is 3.19. The summed E-state index contributed by atoms with van der Waals surface area (Å²) in [6.07, 6.45) is 7.01. The summed E-state index contributed by atoms with van der Waals surface area (Å²) in [5.41, 5.74) is 13.3. The van der Waals surface area contributed by atoms with Gasteiger partial charge in [0.05, 0.1) is 6.61 Å². The van der Waals surface area contributed by atoms with E-state index in [0.717, 1.165) is 38.3 Å². The zero-order valence-corrected chi connectivity index (χ0v) is 22.1. The van der Waals surface area contributed by atoms with Crippen LogP contribution in [0.5, 0.6) is 5.75 Å². The Kier molecular flexibility index (Phi) is 6.35. The Balaban J connectivity index is 1.60. The molecule has 0 saturated carbocycles. The van der Waals surface area contributed by atoms with Crippen molar-refractivity contribution < 1.29 is 4.74 Å². The van der Waals surface area contributed by atoms with Crippen molar-refractivity contribution in [3.63, 3.8) is 0 Å². The second kappa shape index (κ2) is 9.45. The molecule has 3 aromatic rings. The lowest BCUT2D eigenvalue weighted by Gasteiger charge is -2.34. The average molecular weight is 467 g/mol. The van der Waals surface area contributed by atoms with E-state index in [1.807, 2.05) is 0 Å². The number of nitrogens with zero attached hydrogens (tertiary/aromatic N) is 2. The molecule has 0 atom stereocenters. The highest BCUT2D eigenvalue weighted by molar-refractivity contribution is 5.71. The quantitative estimate of drug-likeness (QED) is 0.403. The molecule has 35 heavy (non-hydrogen) atoms. The summed E-state index contributed by atoms with van der Waals surface area (Å²) in [7, 11) is 0. The van der Waals surface area contributed by atoms with Crippen molar-refractivity contribution in [2.45, 2.75) is 60.5 Å². The molecule has 0 spiro atoms. The number of benzene rings is 3. The van der Waals surface area contributed by atoms with Gasteiger partial charge in [0, 0.05) is 30.0 Å². The van der Waals surface area contributed by atoms with Crippen LogP contribution in [0.4, 0.5) is 11.4 Å². The summed E-state index contributed by atoms with van der Waals surface area (Å²) >= 11 is 0. The maximum absolute atomic E-state index is 6.12. The number of hydrogen-bond donors (Lipinski definition) is 0. The van der Waals surface area contributed by atoms with Crippen LogP contribution in [0.25, 0.3) is 6.08 Å². The first-order valence-electron chi connectivity index (χ1n) is 13.0. The van der Waals surface area contributed by atoms with Gasteiger partial charge in [-0.3, -0.25) is 0 Å². The molecule has 2 heterocycles. The first-order chi connectivity index (χ1) is 16.8. The molecule has 0 unspecified atom stereocenters. The van der Waals surface area contributed by atoms with Crippen molar-refractivity contribution in [3.8, 4) is 5.75 Å². The fourth-order valence-electron chi connectivity index (χ4n) is 6.33. The number of ether oxygens (including phenoxy) is 1. The van der Waals surface area contributed by atoms with Crippen molar-refractivity contribution in [2.24, 2.45) is 0 Å². The monoisotopic (exact) mass is 466 g/mol. The lowest BCUT2D eigenvalue weighted by molar-refractivity contribution is 0.287. The van der Waals surface area contributed by atoms with Crippen LogP contribution in [-0.2, 0) is 6.42 Å². The Morgan fingerprint density at radius 1 is 0.771 bits per heavy atom. The van der Waals surface area contributed by atoms with E-state index < -0.39 is 0 Å². The maximum Gasteiger partial charge on any atom is 0.129 e. The third kappa shape index (κ3) is 4.45. The van der Waals surface area contributed by atoms with Crippen LogP contribution >= 0.6 is 0 Å². The number of anilines is 2. The van der Waals surface area contributed by atoms with Crippen LogP contribution in [0.2, 0.25) is 0 Å². The summed E-state index contributed by atoms with van der Waals surface area (Å²) in [4.78, 5) is 5.19. The van der Waals surface area contributed by atoms with E-state index in [2.05, 4.69) is 106 Å². The minimum Gasteiger partial charge on any atom is -0.493 e. The zero-order valence-electron chi connectivity index (χ0n) is 22.1. The molecule has 0 aliphatic carbocycles. The first kappa shape index (κ1) is 23.5. The summed E-state index contributed by atoms with van der Waals surface area (Å²) in [6, 6.07) is 15.8. The van der Waals surface area contributed by atoms with Crippen molar-refractivity contribution in [3.05, 3.63) is 93.0 Å². The molecule has 0 bridgehead atoms. The molecule has 0 N–H and O–H groups in total. The highest BCUT2D eigenvalue weighted by atomic mass is 16.5. The van der Waals surface area contributed by atoms with Gasteiger partial charge in [-0.05, 0) is 88.3 Å². The van der Waals surface area contributed by atoms with Crippen molar-refractivity contribution in [1.29, 1.82) is 0 Å². The minimum absolute atomic E-state index is 0.134. The molecular formula is C32H38N2O. The van der Waals surface area contributed by atoms with Gasteiger partial charge >= 0.3 is 0 Å². The molecule has 1 saturated heterocycles. The minimum atomic E-state index is 0.134. The van der Waals surface area contributed by atoms with E-state index in [9.17, 15) is 0 Å². The van der Waals surface area contributed by atoms with Crippen LogP contribution < -0.4 is 14.5 Å². The Morgan fingerprint density at radius 3 is 1.86 bits per heavy atom. The molecule has 0 aromatic heterocycles. The van der Waals surface area contributed by atoms with E-state index in [1.165, 1.54) is 55.9 Å². The SMILES string of the molecule is Cc1cc(C)c(N2CCN(c3c(C)cc(C)cc3C)C2/C=C/c2cccc3c2OCCC3)c(C)c1. The van der Waals surface area contributed by atoms with Crippen LogP contribution in [0.3, 0.4) is 0 Å². The predicted octanol–water partition coefficient (Wildman–Crippen LogP) is 7.23. The normalized spacial score (nSPS) is 16.2. The molecule has 3 heteroatoms. The van der Waals surface area contributed by atoms with Crippen LogP contribution in [0.15, 0.2) is 48.5 Å². The molecule has 1 fully saturated rings.